The number of aliphatic hydroxyl groups is 1. The Bertz CT molecular complexity index is 546. The van der Waals surface area contributed by atoms with E-state index in [1.54, 1.807) is 30.3 Å². The van der Waals surface area contributed by atoms with E-state index in [0.717, 1.165) is 5.56 Å². The van der Waals surface area contributed by atoms with Gasteiger partial charge in [0.25, 0.3) is 0 Å². The number of carbonyl (C=O) groups excluding carboxylic acids is 1. The SMILES string of the molecule is C=C[C@H](c1ccccc1)[C@H](O)C(=O)c1ccccc1. The number of carbonyl (C=O) groups is 1. The first-order chi connectivity index (χ1) is 9.24. The summed E-state index contributed by atoms with van der Waals surface area (Å²) in [6, 6.07) is 18.2. The van der Waals surface area contributed by atoms with Crippen LogP contribution in [0.5, 0.6) is 0 Å². The van der Waals surface area contributed by atoms with Crippen LogP contribution in [0.4, 0.5) is 0 Å². The fourth-order valence-electron chi connectivity index (χ4n) is 2.06. The molecule has 0 aliphatic heterocycles. The number of rotatable bonds is 5. The summed E-state index contributed by atoms with van der Waals surface area (Å²) >= 11 is 0. The van der Waals surface area contributed by atoms with Gasteiger partial charge in [0.1, 0.15) is 6.10 Å². The fraction of sp³-hybridized carbons (Fsp3) is 0.118. The fourth-order valence-corrected chi connectivity index (χ4v) is 2.06. The van der Waals surface area contributed by atoms with Gasteiger partial charge in [0.05, 0.1) is 0 Å². The van der Waals surface area contributed by atoms with Crippen molar-refractivity contribution in [1.82, 2.24) is 0 Å². The Morgan fingerprint density at radius 3 is 2.05 bits per heavy atom. The highest BCUT2D eigenvalue weighted by molar-refractivity contribution is 6.00. The van der Waals surface area contributed by atoms with Crippen LogP contribution in [0.1, 0.15) is 21.8 Å². The first-order valence-electron chi connectivity index (χ1n) is 6.19. The smallest absolute Gasteiger partial charge is 0.192 e. The summed E-state index contributed by atoms with van der Waals surface area (Å²) in [4.78, 5) is 12.2. The second-order valence-electron chi connectivity index (χ2n) is 4.35. The molecule has 0 amide bonds. The lowest BCUT2D eigenvalue weighted by molar-refractivity contribution is 0.0720. The standard InChI is InChI=1S/C17H16O2/c1-2-15(13-9-5-3-6-10-13)17(19)16(18)14-11-7-4-8-12-14/h2-12,15,17,19H,1H2/t15-,17+/m1/s1. The summed E-state index contributed by atoms with van der Waals surface area (Å²) in [5.74, 6) is -0.678. The molecular formula is C17H16O2. The maximum atomic E-state index is 12.2. The van der Waals surface area contributed by atoms with Crippen LogP contribution in [0.3, 0.4) is 0 Å². The molecule has 0 spiro atoms. The molecule has 1 N–H and O–H groups in total. The Balaban J connectivity index is 2.25. The maximum Gasteiger partial charge on any atom is 0.192 e. The van der Waals surface area contributed by atoms with E-state index in [9.17, 15) is 9.90 Å². The van der Waals surface area contributed by atoms with Crippen molar-refractivity contribution in [3.63, 3.8) is 0 Å². The Morgan fingerprint density at radius 2 is 1.53 bits per heavy atom. The van der Waals surface area contributed by atoms with Gasteiger partial charge in [-0.05, 0) is 5.56 Å². The first kappa shape index (κ1) is 13.2. The quantitative estimate of drug-likeness (QED) is 0.655. The van der Waals surface area contributed by atoms with Crippen LogP contribution in [-0.2, 0) is 0 Å². The van der Waals surface area contributed by atoms with Crippen molar-refractivity contribution in [3.8, 4) is 0 Å². The molecule has 0 bridgehead atoms. The molecule has 0 fully saturated rings. The summed E-state index contributed by atoms with van der Waals surface area (Å²) in [6.45, 7) is 3.72. The molecule has 2 aromatic carbocycles. The number of hydrogen-bond donors (Lipinski definition) is 1. The van der Waals surface area contributed by atoms with Crippen molar-refractivity contribution in [3.05, 3.63) is 84.4 Å². The molecule has 0 unspecified atom stereocenters. The number of ketones is 1. The maximum absolute atomic E-state index is 12.2. The number of aliphatic hydroxyl groups excluding tert-OH is 1. The third-order valence-electron chi connectivity index (χ3n) is 3.11. The van der Waals surface area contributed by atoms with Gasteiger partial charge in [0.15, 0.2) is 5.78 Å². The second kappa shape index (κ2) is 6.12. The zero-order valence-corrected chi connectivity index (χ0v) is 10.6. The van der Waals surface area contributed by atoms with E-state index < -0.39 is 12.0 Å². The summed E-state index contributed by atoms with van der Waals surface area (Å²) in [6.07, 6.45) is 0.503. The van der Waals surface area contributed by atoms with Gasteiger partial charge in [-0.2, -0.15) is 0 Å². The van der Waals surface area contributed by atoms with Crippen LogP contribution in [0.25, 0.3) is 0 Å². The molecule has 0 aliphatic carbocycles. The van der Waals surface area contributed by atoms with Crippen LogP contribution >= 0.6 is 0 Å². The summed E-state index contributed by atoms with van der Waals surface area (Å²) in [5.41, 5.74) is 1.40. The lowest BCUT2D eigenvalue weighted by Crippen LogP contribution is -2.27. The Hall–Kier alpha value is -2.19. The van der Waals surface area contributed by atoms with Crippen molar-refractivity contribution in [2.45, 2.75) is 12.0 Å². The molecule has 96 valence electrons. The molecule has 0 saturated carbocycles. The van der Waals surface area contributed by atoms with Crippen LogP contribution in [0.15, 0.2) is 73.3 Å². The van der Waals surface area contributed by atoms with Crippen LogP contribution in [0.2, 0.25) is 0 Å². The monoisotopic (exact) mass is 252 g/mol. The van der Waals surface area contributed by atoms with Crippen LogP contribution in [0, 0.1) is 0 Å². The van der Waals surface area contributed by atoms with Gasteiger partial charge in [-0.15, -0.1) is 6.58 Å². The lowest BCUT2D eigenvalue weighted by Gasteiger charge is -2.19. The predicted octanol–water partition coefficient (Wildman–Crippen LogP) is 3.20. The summed E-state index contributed by atoms with van der Waals surface area (Å²) in [5, 5.41) is 10.3. The predicted molar refractivity (Wildman–Crippen MR) is 76.2 cm³/mol. The Labute approximate surface area is 113 Å². The van der Waals surface area contributed by atoms with E-state index in [0.29, 0.717) is 5.56 Å². The van der Waals surface area contributed by atoms with E-state index in [-0.39, 0.29) is 5.78 Å². The molecule has 2 atom stereocenters. The number of benzene rings is 2. The summed E-state index contributed by atoms with van der Waals surface area (Å²) < 4.78 is 0. The molecule has 2 rings (SSSR count). The average Bonchev–Trinajstić information content (AvgIpc) is 2.49. The van der Waals surface area contributed by atoms with Crippen molar-refractivity contribution < 1.29 is 9.90 Å². The van der Waals surface area contributed by atoms with Crippen LogP contribution < -0.4 is 0 Å². The first-order valence-corrected chi connectivity index (χ1v) is 6.19. The third-order valence-corrected chi connectivity index (χ3v) is 3.11. The van der Waals surface area contributed by atoms with Crippen molar-refractivity contribution in [2.75, 3.05) is 0 Å². The molecule has 19 heavy (non-hydrogen) atoms. The van der Waals surface area contributed by atoms with Crippen molar-refractivity contribution in [2.24, 2.45) is 0 Å². The highest BCUT2D eigenvalue weighted by Crippen LogP contribution is 2.23. The highest BCUT2D eigenvalue weighted by atomic mass is 16.3. The van der Waals surface area contributed by atoms with Crippen LogP contribution in [-0.4, -0.2) is 17.0 Å². The van der Waals surface area contributed by atoms with Gasteiger partial charge in [0.2, 0.25) is 0 Å². The van der Waals surface area contributed by atoms with E-state index in [1.807, 2.05) is 36.4 Å². The molecule has 2 nitrogen and oxygen atoms in total. The zero-order valence-electron chi connectivity index (χ0n) is 10.6. The summed E-state index contributed by atoms with van der Waals surface area (Å²) in [7, 11) is 0. The second-order valence-corrected chi connectivity index (χ2v) is 4.35. The van der Waals surface area contributed by atoms with Crippen molar-refractivity contribution in [1.29, 1.82) is 0 Å². The molecule has 0 saturated heterocycles. The van der Waals surface area contributed by atoms with E-state index in [2.05, 4.69) is 6.58 Å². The Kier molecular flexibility index (Phi) is 4.26. The van der Waals surface area contributed by atoms with Gasteiger partial charge in [-0.1, -0.05) is 66.7 Å². The number of hydrogen-bond acceptors (Lipinski definition) is 2. The van der Waals surface area contributed by atoms with E-state index in [4.69, 9.17) is 0 Å². The minimum atomic E-state index is -1.11. The molecular weight excluding hydrogens is 236 g/mol. The number of Topliss-reactive ketones (excluding diaryl/α,β-unsaturated/α-hetero) is 1. The molecule has 0 radical (unpaired) electrons. The Morgan fingerprint density at radius 1 is 1.00 bits per heavy atom. The van der Waals surface area contributed by atoms with E-state index in [1.165, 1.54) is 0 Å². The molecule has 0 aromatic heterocycles. The van der Waals surface area contributed by atoms with Crippen molar-refractivity contribution >= 4 is 5.78 Å². The minimum Gasteiger partial charge on any atom is -0.384 e. The molecule has 0 aliphatic rings. The van der Waals surface area contributed by atoms with Gasteiger partial charge < -0.3 is 5.11 Å². The van der Waals surface area contributed by atoms with Gasteiger partial charge in [-0.3, -0.25) is 4.79 Å². The van der Waals surface area contributed by atoms with Gasteiger partial charge in [-0.25, -0.2) is 0 Å². The van der Waals surface area contributed by atoms with E-state index >= 15 is 0 Å². The minimum absolute atomic E-state index is 0.283. The highest BCUT2D eigenvalue weighted by Gasteiger charge is 2.25. The third kappa shape index (κ3) is 2.98. The lowest BCUT2D eigenvalue weighted by atomic mass is 9.89. The molecule has 2 heteroatoms. The topological polar surface area (TPSA) is 37.3 Å². The molecule has 2 aromatic rings. The average molecular weight is 252 g/mol. The largest absolute Gasteiger partial charge is 0.384 e. The normalized spacial score (nSPS) is 13.5. The van der Waals surface area contributed by atoms with Gasteiger partial charge >= 0.3 is 0 Å². The molecule has 0 heterocycles. The zero-order chi connectivity index (χ0) is 13.7. The van der Waals surface area contributed by atoms with Gasteiger partial charge in [0, 0.05) is 11.5 Å².